The van der Waals surface area contributed by atoms with Gasteiger partial charge in [-0.15, -0.1) is 11.3 Å². The molecule has 146 valence electrons. The number of rotatable bonds is 4. The molecular formula is C22H20N4O2S. The summed E-state index contributed by atoms with van der Waals surface area (Å²) in [6.45, 7) is 2.47. The first-order chi connectivity index (χ1) is 14.2. The monoisotopic (exact) mass is 404 g/mol. The van der Waals surface area contributed by atoms with Gasteiger partial charge in [0.05, 0.1) is 35.3 Å². The Kier molecular flexibility index (Phi) is 4.44. The third-order valence-electron chi connectivity index (χ3n) is 5.20. The van der Waals surface area contributed by atoms with E-state index in [-0.39, 0.29) is 5.91 Å². The summed E-state index contributed by atoms with van der Waals surface area (Å²) in [4.78, 5) is 20.3. The summed E-state index contributed by atoms with van der Waals surface area (Å²) in [6, 6.07) is 17.8. The van der Waals surface area contributed by atoms with Crippen LogP contribution in [0.1, 0.15) is 15.5 Å². The highest BCUT2D eigenvalue weighted by Gasteiger charge is 2.21. The van der Waals surface area contributed by atoms with Gasteiger partial charge in [0.25, 0.3) is 5.91 Å². The van der Waals surface area contributed by atoms with Crippen molar-refractivity contribution in [3.8, 4) is 5.75 Å². The number of hydrogen-bond acceptors (Lipinski definition) is 5. The van der Waals surface area contributed by atoms with Crippen LogP contribution in [0.25, 0.3) is 11.0 Å². The van der Waals surface area contributed by atoms with Crippen LogP contribution in [-0.2, 0) is 13.1 Å². The molecule has 0 saturated heterocycles. The Balaban J connectivity index is 1.43. The number of ether oxygens (including phenoxy) is 1. The SMILES string of the molecule is COc1ccc(N2CCn3c(nc4ccccc43)C2)cc1NC(=O)c1cccs1. The largest absolute Gasteiger partial charge is 0.495 e. The highest BCUT2D eigenvalue weighted by molar-refractivity contribution is 7.12. The molecule has 0 radical (unpaired) electrons. The maximum atomic E-state index is 12.5. The van der Waals surface area contributed by atoms with Gasteiger partial charge in [0.15, 0.2) is 0 Å². The second kappa shape index (κ2) is 7.25. The van der Waals surface area contributed by atoms with Gasteiger partial charge >= 0.3 is 0 Å². The number of anilines is 2. The van der Waals surface area contributed by atoms with Crippen molar-refractivity contribution in [3.63, 3.8) is 0 Å². The first-order valence-electron chi connectivity index (χ1n) is 9.45. The smallest absolute Gasteiger partial charge is 0.265 e. The molecule has 4 aromatic rings. The first kappa shape index (κ1) is 17.8. The molecule has 5 rings (SSSR count). The number of hydrogen-bond donors (Lipinski definition) is 1. The van der Waals surface area contributed by atoms with Crippen LogP contribution in [0.3, 0.4) is 0 Å². The second-order valence-electron chi connectivity index (χ2n) is 6.91. The minimum atomic E-state index is -0.129. The fourth-order valence-electron chi connectivity index (χ4n) is 3.77. The van der Waals surface area contributed by atoms with Gasteiger partial charge in [-0.05, 0) is 41.8 Å². The van der Waals surface area contributed by atoms with Crippen LogP contribution in [-0.4, -0.2) is 29.1 Å². The third-order valence-corrected chi connectivity index (χ3v) is 6.07. The second-order valence-corrected chi connectivity index (χ2v) is 7.85. The molecule has 1 amide bonds. The zero-order valence-corrected chi connectivity index (χ0v) is 16.8. The number of imidazole rings is 1. The molecule has 7 heteroatoms. The van der Waals surface area contributed by atoms with Crippen molar-refractivity contribution in [1.29, 1.82) is 0 Å². The Bertz CT molecular complexity index is 1180. The Hall–Kier alpha value is -3.32. The van der Waals surface area contributed by atoms with Crippen LogP contribution in [0.2, 0.25) is 0 Å². The van der Waals surface area contributed by atoms with Gasteiger partial charge in [0.1, 0.15) is 11.6 Å². The summed E-state index contributed by atoms with van der Waals surface area (Å²) in [7, 11) is 1.61. The summed E-state index contributed by atoms with van der Waals surface area (Å²) in [5.74, 6) is 1.57. The molecule has 0 bridgehead atoms. The number of nitrogens with zero attached hydrogens (tertiary/aromatic N) is 3. The van der Waals surface area contributed by atoms with E-state index in [2.05, 4.69) is 33.0 Å². The highest BCUT2D eigenvalue weighted by Crippen LogP contribution is 2.32. The number of benzene rings is 2. The normalized spacial score (nSPS) is 13.3. The summed E-state index contributed by atoms with van der Waals surface area (Å²) in [5, 5.41) is 4.87. The molecule has 2 aromatic heterocycles. The molecule has 6 nitrogen and oxygen atoms in total. The lowest BCUT2D eigenvalue weighted by Crippen LogP contribution is -2.33. The molecule has 29 heavy (non-hydrogen) atoms. The zero-order chi connectivity index (χ0) is 19.8. The third kappa shape index (κ3) is 3.23. The lowest BCUT2D eigenvalue weighted by molar-refractivity contribution is 0.103. The fourth-order valence-corrected chi connectivity index (χ4v) is 4.39. The van der Waals surface area contributed by atoms with Crippen LogP contribution in [0.4, 0.5) is 11.4 Å². The first-order valence-corrected chi connectivity index (χ1v) is 10.3. The van der Waals surface area contributed by atoms with Crippen LogP contribution in [0, 0.1) is 0 Å². The Morgan fingerprint density at radius 3 is 2.86 bits per heavy atom. The molecule has 0 unspecified atom stereocenters. The van der Waals surface area contributed by atoms with Crippen molar-refractivity contribution in [1.82, 2.24) is 9.55 Å². The average molecular weight is 404 g/mol. The van der Waals surface area contributed by atoms with Crippen LogP contribution in [0.15, 0.2) is 60.0 Å². The van der Waals surface area contributed by atoms with E-state index in [1.807, 2.05) is 41.8 Å². The topological polar surface area (TPSA) is 59.4 Å². The maximum Gasteiger partial charge on any atom is 0.265 e. The number of fused-ring (bicyclic) bond motifs is 3. The fraction of sp³-hybridized carbons (Fsp3) is 0.182. The van der Waals surface area contributed by atoms with Crippen molar-refractivity contribution in [2.75, 3.05) is 23.9 Å². The molecule has 3 heterocycles. The van der Waals surface area contributed by atoms with Crippen LogP contribution in [0.5, 0.6) is 5.75 Å². The summed E-state index contributed by atoms with van der Waals surface area (Å²) >= 11 is 1.42. The van der Waals surface area contributed by atoms with Crippen molar-refractivity contribution in [2.45, 2.75) is 13.1 Å². The van der Waals surface area contributed by atoms with Crippen molar-refractivity contribution < 1.29 is 9.53 Å². The van der Waals surface area contributed by atoms with E-state index in [0.717, 1.165) is 36.7 Å². The van der Waals surface area contributed by atoms with Gasteiger partial charge in [-0.25, -0.2) is 4.98 Å². The standard InChI is InChI=1S/C22H20N4O2S/c1-28-19-9-8-15(13-17(19)24-22(27)20-7-4-12-29-20)25-10-11-26-18-6-3-2-5-16(18)23-21(26)14-25/h2-9,12-13H,10-11,14H2,1H3,(H,24,27). The van der Waals surface area contributed by atoms with E-state index < -0.39 is 0 Å². The van der Waals surface area contributed by atoms with Gasteiger partial charge < -0.3 is 19.5 Å². The van der Waals surface area contributed by atoms with Gasteiger partial charge in [0.2, 0.25) is 0 Å². The van der Waals surface area contributed by atoms with Gasteiger partial charge in [-0.2, -0.15) is 0 Å². The molecule has 0 saturated carbocycles. The Morgan fingerprint density at radius 2 is 2.03 bits per heavy atom. The number of carbonyl (C=O) groups excluding carboxylic acids is 1. The molecule has 0 fully saturated rings. The van der Waals surface area contributed by atoms with E-state index >= 15 is 0 Å². The maximum absolute atomic E-state index is 12.5. The molecule has 0 aliphatic carbocycles. The quantitative estimate of drug-likeness (QED) is 0.548. The van der Waals surface area contributed by atoms with E-state index in [9.17, 15) is 4.79 Å². The number of amides is 1. The lowest BCUT2D eigenvalue weighted by atomic mass is 10.2. The predicted molar refractivity (Wildman–Crippen MR) is 116 cm³/mol. The molecular weight excluding hydrogens is 384 g/mol. The predicted octanol–water partition coefficient (Wildman–Crippen LogP) is 4.38. The number of carbonyl (C=O) groups is 1. The van der Waals surface area contributed by atoms with Gasteiger partial charge in [-0.3, -0.25) is 4.79 Å². The van der Waals surface area contributed by atoms with Gasteiger partial charge in [0, 0.05) is 18.8 Å². The van der Waals surface area contributed by atoms with Crippen molar-refractivity contribution in [3.05, 3.63) is 70.7 Å². The van der Waals surface area contributed by atoms with Crippen molar-refractivity contribution >= 4 is 39.7 Å². The number of aromatic nitrogens is 2. The number of nitrogens with one attached hydrogen (secondary N) is 1. The zero-order valence-electron chi connectivity index (χ0n) is 16.0. The van der Waals surface area contributed by atoms with E-state index in [0.29, 0.717) is 16.3 Å². The number of thiophene rings is 1. The molecule has 2 aromatic carbocycles. The minimum Gasteiger partial charge on any atom is -0.495 e. The molecule has 0 spiro atoms. The van der Waals surface area contributed by atoms with Crippen molar-refractivity contribution in [2.24, 2.45) is 0 Å². The van der Waals surface area contributed by atoms with E-state index in [1.165, 1.54) is 16.9 Å². The lowest BCUT2D eigenvalue weighted by Gasteiger charge is -2.30. The van der Waals surface area contributed by atoms with E-state index in [4.69, 9.17) is 9.72 Å². The Labute approximate surface area is 172 Å². The summed E-state index contributed by atoms with van der Waals surface area (Å²) in [6.07, 6.45) is 0. The summed E-state index contributed by atoms with van der Waals surface area (Å²) in [5.41, 5.74) is 3.91. The molecule has 1 aliphatic rings. The Morgan fingerprint density at radius 1 is 1.14 bits per heavy atom. The molecule has 0 atom stereocenters. The van der Waals surface area contributed by atoms with Gasteiger partial charge in [-0.1, -0.05) is 18.2 Å². The number of para-hydroxylation sites is 2. The van der Waals surface area contributed by atoms with Crippen LogP contribution >= 0.6 is 11.3 Å². The summed E-state index contributed by atoms with van der Waals surface area (Å²) < 4.78 is 7.74. The average Bonchev–Trinajstić information content (AvgIpc) is 3.41. The highest BCUT2D eigenvalue weighted by atomic mass is 32.1. The number of methoxy groups -OCH3 is 1. The van der Waals surface area contributed by atoms with E-state index in [1.54, 1.807) is 7.11 Å². The molecule has 1 N–H and O–H groups in total. The van der Waals surface area contributed by atoms with Crippen LogP contribution < -0.4 is 15.0 Å². The molecule has 1 aliphatic heterocycles. The minimum absolute atomic E-state index is 0.129.